The van der Waals surface area contributed by atoms with Crippen LogP contribution in [0.2, 0.25) is 0 Å². The molecule has 5 heteroatoms. The Bertz CT molecular complexity index is 228. The fraction of sp³-hybridized carbons (Fsp3) is 0.875. The largest absolute Gasteiger partial charge is 0.356 e. The molecule has 5 nitrogen and oxygen atoms in total. The lowest BCUT2D eigenvalue weighted by molar-refractivity contribution is -0.124. The minimum absolute atomic E-state index is 0. The Morgan fingerprint density at radius 2 is 1.05 bits per heavy atom. The number of carbonyl (C=O) groups is 2. The van der Waals surface area contributed by atoms with Crippen molar-refractivity contribution in [2.24, 2.45) is 11.8 Å². The summed E-state index contributed by atoms with van der Waals surface area (Å²) in [6.45, 7) is 13.5. The number of unbranched alkanes of at least 4 members (excludes halogenated alkanes) is 2. The summed E-state index contributed by atoms with van der Waals surface area (Å²) in [6.07, 6.45) is 4.44. The standard InChI is InChI=1S/2C8H17NO.H3N/c2*1-4-5-6-9-8(10)7(2)3;/h2*7H,4-6H2,1-3H3,(H,9,10);1H3. The summed E-state index contributed by atoms with van der Waals surface area (Å²) >= 11 is 0. The van der Waals surface area contributed by atoms with E-state index in [2.05, 4.69) is 24.5 Å². The van der Waals surface area contributed by atoms with Gasteiger partial charge in [0.05, 0.1) is 0 Å². The van der Waals surface area contributed by atoms with Gasteiger partial charge in [-0.25, -0.2) is 0 Å². The number of carbonyl (C=O) groups excluding carboxylic acids is 2. The lowest BCUT2D eigenvalue weighted by Crippen LogP contribution is -2.28. The SMILES string of the molecule is CCCCNC(=O)C(C)C.CCCCNC(=O)C(C)C.N. The zero-order valence-corrected chi connectivity index (χ0v) is 14.9. The molecule has 0 heterocycles. The first-order chi connectivity index (χ1) is 9.36. The first-order valence-corrected chi connectivity index (χ1v) is 7.92. The van der Waals surface area contributed by atoms with Crippen LogP contribution in [-0.4, -0.2) is 24.9 Å². The van der Waals surface area contributed by atoms with Crippen molar-refractivity contribution in [2.45, 2.75) is 67.2 Å². The van der Waals surface area contributed by atoms with Gasteiger partial charge in [0, 0.05) is 24.9 Å². The summed E-state index contributed by atoms with van der Waals surface area (Å²) in [5.41, 5.74) is 0. The topological polar surface area (TPSA) is 93.2 Å². The molecule has 5 N–H and O–H groups in total. The van der Waals surface area contributed by atoms with Gasteiger partial charge in [-0.05, 0) is 12.8 Å². The predicted octanol–water partition coefficient (Wildman–Crippen LogP) is 3.28. The van der Waals surface area contributed by atoms with Crippen molar-refractivity contribution in [3.63, 3.8) is 0 Å². The van der Waals surface area contributed by atoms with Crippen molar-refractivity contribution in [1.82, 2.24) is 16.8 Å². The van der Waals surface area contributed by atoms with Crippen molar-refractivity contribution in [1.29, 1.82) is 0 Å². The van der Waals surface area contributed by atoms with Crippen LogP contribution in [0.3, 0.4) is 0 Å². The van der Waals surface area contributed by atoms with E-state index in [1.165, 1.54) is 0 Å². The molecule has 0 radical (unpaired) electrons. The van der Waals surface area contributed by atoms with Crippen molar-refractivity contribution in [3.05, 3.63) is 0 Å². The van der Waals surface area contributed by atoms with E-state index in [1.807, 2.05) is 27.7 Å². The molecular weight excluding hydrogens is 266 g/mol. The third kappa shape index (κ3) is 18.9. The Morgan fingerprint density at radius 1 is 0.762 bits per heavy atom. The summed E-state index contributed by atoms with van der Waals surface area (Å²) < 4.78 is 0. The molecule has 0 aliphatic carbocycles. The van der Waals surface area contributed by atoms with Crippen LogP contribution in [0.4, 0.5) is 0 Å². The Hall–Kier alpha value is -1.10. The molecule has 2 amide bonds. The van der Waals surface area contributed by atoms with Crippen molar-refractivity contribution in [2.75, 3.05) is 13.1 Å². The smallest absolute Gasteiger partial charge is 0.222 e. The molecule has 21 heavy (non-hydrogen) atoms. The van der Waals surface area contributed by atoms with Crippen LogP contribution in [0.1, 0.15) is 67.2 Å². The van der Waals surface area contributed by atoms with Gasteiger partial charge in [0.15, 0.2) is 0 Å². The van der Waals surface area contributed by atoms with Gasteiger partial charge >= 0.3 is 0 Å². The molecule has 0 aliphatic rings. The van der Waals surface area contributed by atoms with Crippen LogP contribution in [-0.2, 0) is 9.59 Å². The molecule has 0 saturated heterocycles. The van der Waals surface area contributed by atoms with Crippen LogP contribution in [0.5, 0.6) is 0 Å². The van der Waals surface area contributed by atoms with Crippen molar-refractivity contribution in [3.8, 4) is 0 Å². The van der Waals surface area contributed by atoms with Gasteiger partial charge in [-0.1, -0.05) is 54.4 Å². The molecule has 128 valence electrons. The molecule has 0 unspecified atom stereocenters. The van der Waals surface area contributed by atoms with Crippen LogP contribution < -0.4 is 16.8 Å². The molecule has 0 aromatic heterocycles. The number of hydrogen-bond acceptors (Lipinski definition) is 3. The normalized spacial score (nSPS) is 9.52. The first-order valence-electron chi connectivity index (χ1n) is 7.92. The van der Waals surface area contributed by atoms with E-state index in [-0.39, 0.29) is 29.8 Å². The van der Waals surface area contributed by atoms with E-state index in [9.17, 15) is 9.59 Å². The third-order valence-corrected chi connectivity index (χ3v) is 2.71. The van der Waals surface area contributed by atoms with Gasteiger partial charge in [-0.3, -0.25) is 9.59 Å². The highest BCUT2D eigenvalue weighted by Gasteiger charge is 2.04. The molecule has 0 fully saturated rings. The highest BCUT2D eigenvalue weighted by molar-refractivity contribution is 5.78. The fourth-order valence-electron chi connectivity index (χ4n) is 1.18. The molecule has 0 saturated carbocycles. The monoisotopic (exact) mass is 303 g/mol. The highest BCUT2D eigenvalue weighted by Crippen LogP contribution is 1.91. The Balaban J connectivity index is -0.000000295. The maximum Gasteiger partial charge on any atom is 0.222 e. The van der Waals surface area contributed by atoms with Crippen molar-refractivity contribution >= 4 is 11.8 Å². The van der Waals surface area contributed by atoms with E-state index >= 15 is 0 Å². The first kappa shape index (κ1) is 24.9. The van der Waals surface area contributed by atoms with E-state index in [0.717, 1.165) is 38.8 Å². The summed E-state index contributed by atoms with van der Waals surface area (Å²) in [7, 11) is 0. The van der Waals surface area contributed by atoms with E-state index in [1.54, 1.807) is 0 Å². The molecule has 0 spiro atoms. The Morgan fingerprint density at radius 3 is 1.24 bits per heavy atom. The molecule has 0 aromatic carbocycles. The average Bonchev–Trinajstić information content (AvgIpc) is 2.39. The maximum atomic E-state index is 10.9. The van der Waals surface area contributed by atoms with Gasteiger partial charge in [0.2, 0.25) is 11.8 Å². The zero-order valence-electron chi connectivity index (χ0n) is 14.9. The number of rotatable bonds is 8. The lowest BCUT2D eigenvalue weighted by Gasteiger charge is -2.05. The van der Waals surface area contributed by atoms with Gasteiger partial charge in [0.25, 0.3) is 0 Å². The van der Waals surface area contributed by atoms with Gasteiger partial charge in [0.1, 0.15) is 0 Å². The summed E-state index contributed by atoms with van der Waals surface area (Å²) in [5.74, 6) is 0.565. The summed E-state index contributed by atoms with van der Waals surface area (Å²) in [6, 6.07) is 0. The lowest BCUT2D eigenvalue weighted by atomic mass is 10.2. The van der Waals surface area contributed by atoms with Crippen LogP contribution in [0.25, 0.3) is 0 Å². The van der Waals surface area contributed by atoms with E-state index < -0.39 is 0 Å². The van der Waals surface area contributed by atoms with Gasteiger partial charge < -0.3 is 16.8 Å². The highest BCUT2D eigenvalue weighted by atomic mass is 16.2. The fourth-order valence-corrected chi connectivity index (χ4v) is 1.18. The molecule has 0 atom stereocenters. The minimum atomic E-state index is 0. The van der Waals surface area contributed by atoms with E-state index in [0.29, 0.717) is 0 Å². The van der Waals surface area contributed by atoms with E-state index in [4.69, 9.17) is 0 Å². The second-order valence-corrected chi connectivity index (χ2v) is 5.60. The van der Waals surface area contributed by atoms with Crippen molar-refractivity contribution < 1.29 is 9.59 Å². The average molecular weight is 303 g/mol. The third-order valence-electron chi connectivity index (χ3n) is 2.71. The van der Waals surface area contributed by atoms with Crippen LogP contribution in [0.15, 0.2) is 0 Å². The maximum absolute atomic E-state index is 10.9. The number of hydrogen-bond donors (Lipinski definition) is 3. The quantitative estimate of drug-likeness (QED) is 0.601. The van der Waals surface area contributed by atoms with Gasteiger partial charge in [-0.2, -0.15) is 0 Å². The Labute approximate surface area is 131 Å². The van der Waals surface area contributed by atoms with Gasteiger partial charge in [-0.15, -0.1) is 0 Å². The Kier molecular flexibility index (Phi) is 20.1. The molecule has 0 aliphatic heterocycles. The summed E-state index contributed by atoms with van der Waals surface area (Å²) in [4.78, 5) is 21.8. The van der Waals surface area contributed by atoms with Crippen LogP contribution in [0, 0.1) is 11.8 Å². The molecule has 0 rings (SSSR count). The zero-order chi connectivity index (χ0) is 16.0. The van der Waals surface area contributed by atoms with Crippen LogP contribution >= 0.6 is 0 Å². The predicted molar refractivity (Wildman–Crippen MR) is 90.5 cm³/mol. The minimum Gasteiger partial charge on any atom is -0.356 e. The second kappa shape index (κ2) is 17.0. The molecular formula is C16H37N3O2. The number of amides is 2. The second-order valence-electron chi connectivity index (χ2n) is 5.60. The molecule has 0 aromatic rings. The number of nitrogens with one attached hydrogen (secondary N) is 2. The summed E-state index contributed by atoms with van der Waals surface area (Å²) in [5, 5.41) is 5.69. The molecule has 0 bridgehead atoms.